The fraction of sp³-hybridized carbons (Fsp3) is 0.619. The third kappa shape index (κ3) is 7.00. The molecule has 1 aromatic carbocycles. The maximum atomic E-state index is 11.5. The monoisotopic (exact) mass is 533 g/mol. The Hall–Kier alpha value is -1.06. The molecule has 0 bridgehead atoms. The lowest BCUT2D eigenvalue weighted by molar-refractivity contribution is -0.122. The molecule has 1 heterocycles. The van der Waals surface area contributed by atoms with Crippen molar-refractivity contribution in [3.05, 3.63) is 34.9 Å². The van der Waals surface area contributed by atoms with Gasteiger partial charge in [0.2, 0.25) is 5.91 Å². The number of carbonyl (C=O) groups is 1. The van der Waals surface area contributed by atoms with Gasteiger partial charge in [0.05, 0.1) is 13.1 Å². The molecule has 1 saturated carbocycles. The predicted molar refractivity (Wildman–Crippen MR) is 130 cm³/mol. The fourth-order valence-corrected chi connectivity index (χ4v) is 3.96. The SMILES string of the molecule is CCNC(=NCC1(c2cccc(Cl)c2)CC1)NC1CCN(CC(=O)NC)CC1.I. The van der Waals surface area contributed by atoms with Gasteiger partial charge in [-0.05, 0) is 50.3 Å². The molecule has 1 saturated heterocycles. The molecule has 0 unspecified atom stereocenters. The first-order valence-corrected chi connectivity index (χ1v) is 10.7. The molecule has 29 heavy (non-hydrogen) atoms. The summed E-state index contributed by atoms with van der Waals surface area (Å²) < 4.78 is 0. The number of nitrogens with zero attached hydrogens (tertiary/aromatic N) is 2. The molecule has 1 aromatic rings. The first kappa shape index (κ1) is 24.2. The number of benzene rings is 1. The second-order valence-corrected chi connectivity index (χ2v) is 8.29. The number of halogens is 2. The molecule has 0 aromatic heterocycles. The minimum Gasteiger partial charge on any atom is -0.358 e. The summed E-state index contributed by atoms with van der Waals surface area (Å²) in [6.45, 7) is 6.05. The number of aliphatic imine (C=N–C) groups is 1. The first-order chi connectivity index (χ1) is 13.5. The maximum absolute atomic E-state index is 11.5. The average Bonchev–Trinajstić information content (AvgIpc) is 3.49. The number of piperidine rings is 1. The van der Waals surface area contributed by atoms with E-state index in [1.54, 1.807) is 7.05 Å². The second kappa shape index (κ2) is 11.4. The Morgan fingerprint density at radius 1 is 1.31 bits per heavy atom. The minimum absolute atomic E-state index is 0. The zero-order valence-corrected chi connectivity index (χ0v) is 20.4. The van der Waals surface area contributed by atoms with E-state index in [1.165, 1.54) is 5.56 Å². The number of guanidine groups is 1. The summed E-state index contributed by atoms with van der Waals surface area (Å²) in [7, 11) is 1.69. The van der Waals surface area contributed by atoms with Crippen molar-refractivity contribution in [3.8, 4) is 0 Å². The molecule has 0 atom stereocenters. The van der Waals surface area contributed by atoms with Gasteiger partial charge in [-0.15, -0.1) is 24.0 Å². The Labute approximate surface area is 196 Å². The van der Waals surface area contributed by atoms with Crippen LogP contribution in [0.3, 0.4) is 0 Å². The van der Waals surface area contributed by atoms with Crippen molar-refractivity contribution < 1.29 is 4.79 Å². The Kier molecular flexibility index (Phi) is 9.49. The van der Waals surface area contributed by atoms with Crippen LogP contribution >= 0.6 is 35.6 Å². The maximum Gasteiger partial charge on any atom is 0.233 e. The Bertz CT molecular complexity index is 702. The van der Waals surface area contributed by atoms with Gasteiger partial charge < -0.3 is 16.0 Å². The highest BCUT2D eigenvalue weighted by atomic mass is 127. The van der Waals surface area contributed by atoms with Crippen molar-refractivity contribution in [2.75, 3.05) is 39.8 Å². The molecule has 2 fully saturated rings. The van der Waals surface area contributed by atoms with Gasteiger partial charge in [-0.25, -0.2) is 0 Å². The van der Waals surface area contributed by atoms with E-state index in [-0.39, 0.29) is 35.3 Å². The normalized spacial score (nSPS) is 19.2. The Morgan fingerprint density at radius 2 is 2.03 bits per heavy atom. The number of likely N-dealkylation sites (tertiary alicyclic amines) is 1. The molecule has 6 nitrogen and oxygen atoms in total. The van der Waals surface area contributed by atoms with Crippen LogP contribution in [0.1, 0.15) is 38.2 Å². The van der Waals surface area contributed by atoms with E-state index in [2.05, 4.69) is 39.9 Å². The average molecular weight is 534 g/mol. The van der Waals surface area contributed by atoms with Crippen LogP contribution in [0.5, 0.6) is 0 Å². The van der Waals surface area contributed by atoms with Crippen molar-refractivity contribution >= 4 is 47.4 Å². The van der Waals surface area contributed by atoms with Crippen molar-refractivity contribution in [1.82, 2.24) is 20.9 Å². The number of hydrogen-bond donors (Lipinski definition) is 3. The van der Waals surface area contributed by atoms with E-state index in [9.17, 15) is 4.79 Å². The molecular formula is C21H33ClIN5O. The second-order valence-electron chi connectivity index (χ2n) is 7.85. The summed E-state index contributed by atoms with van der Waals surface area (Å²) in [5.74, 6) is 0.970. The molecule has 1 aliphatic heterocycles. The van der Waals surface area contributed by atoms with E-state index >= 15 is 0 Å². The van der Waals surface area contributed by atoms with Crippen molar-refractivity contribution in [2.45, 2.75) is 44.1 Å². The van der Waals surface area contributed by atoms with Crippen LogP contribution in [0, 0.1) is 0 Å². The van der Waals surface area contributed by atoms with Crippen LogP contribution in [0.25, 0.3) is 0 Å². The number of likely N-dealkylation sites (N-methyl/N-ethyl adjacent to an activating group) is 1. The zero-order valence-electron chi connectivity index (χ0n) is 17.3. The van der Waals surface area contributed by atoms with Crippen molar-refractivity contribution in [2.24, 2.45) is 4.99 Å². The van der Waals surface area contributed by atoms with Gasteiger partial charge in [0.1, 0.15) is 0 Å². The van der Waals surface area contributed by atoms with Crippen LogP contribution in [0.15, 0.2) is 29.3 Å². The standard InChI is InChI=1S/C21H32ClN5O.HI/c1-3-24-20(26-18-7-11-27(12-8-18)14-19(28)23-2)25-15-21(9-10-21)16-5-4-6-17(22)13-16;/h4-6,13,18H,3,7-12,14-15H2,1-2H3,(H,23,28)(H2,24,25,26);1H. The first-order valence-electron chi connectivity index (χ1n) is 10.3. The van der Waals surface area contributed by atoms with Gasteiger partial charge in [0, 0.05) is 43.2 Å². The quantitative estimate of drug-likeness (QED) is 0.286. The molecule has 162 valence electrons. The fourth-order valence-electron chi connectivity index (χ4n) is 3.77. The lowest BCUT2D eigenvalue weighted by atomic mass is 9.96. The Morgan fingerprint density at radius 3 is 2.62 bits per heavy atom. The molecule has 2 aliphatic rings. The number of nitrogens with one attached hydrogen (secondary N) is 3. The molecule has 1 amide bonds. The highest BCUT2D eigenvalue weighted by molar-refractivity contribution is 14.0. The summed E-state index contributed by atoms with van der Waals surface area (Å²) in [6.07, 6.45) is 4.35. The molecule has 0 radical (unpaired) electrons. The van der Waals surface area contributed by atoms with Gasteiger partial charge >= 0.3 is 0 Å². The smallest absolute Gasteiger partial charge is 0.233 e. The summed E-state index contributed by atoms with van der Waals surface area (Å²) in [5, 5.41) is 10.5. The van der Waals surface area contributed by atoms with Gasteiger partial charge in [-0.1, -0.05) is 23.7 Å². The third-order valence-electron chi connectivity index (χ3n) is 5.75. The zero-order chi connectivity index (χ0) is 20.0. The van der Waals surface area contributed by atoms with Crippen LogP contribution in [-0.2, 0) is 10.2 Å². The molecule has 1 aliphatic carbocycles. The van der Waals surface area contributed by atoms with E-state index in [0.29, 0.717) is 12.6 Å². The largest absolute Gasteiger partial charge is 0.358 e. The highest BCUT2D eigenvalue weighted by Gasteiger charge is 2.44. The third-order valence-corrected chi connectivity index (χ3v) is 5.98. The lowest BCUT2D eigenvalue weighted by Gasteiger charge is -2.32. The molecular weight excluding hydrogens is 501 g/mol. The molecule has 3 N–H and O–H groups in total. The number of amides is 1. The van der Waals surface area contributed by atoms with Gasteiger partial charge in [0.25, 0.3) is 0 Å². The number of rotatable bonds is 7. The van der Waals surface area contributed by atoms with Gasteiger partial charge in [-0.2, -0.15) is 0 Å². The van der Waals surface area contributed by atoms with Crippen LogP contribution < -0.4 is 16.0 Å². The van der Waals surface area contributed by atoms with Crippen LogP contribution in [0.2, 0.25) is 5.02 Å². The minimum atomic E-state index is 0. The summed E-state index contributed by atoms with van der Waals surface area (Å²) in [6, 6.07) is 8.58. The van der Waals surface area contributed by atoms with Gasteiger partial charge in [-0.3, -0.25) is 14.7 Å². The van der Waals surface area contributed by atoms with Crippen LogP contribution in [0.4, 0.5) is 0 Å². The molecule has 0 spiro atoms. The van der Waals surface area contributed by atoms with Gasteiger partial charge in [0.15, 0.2) is 5.96 Å². The van der Waals surface area contributed by atoms with Crippen LogP contribution in [-0.4, -0.2) is 62.6 Å². The summed E-state index contributed by atoms with van der Waals surface area (Å²) >= 11 is 6.18. The highest BCUT2D eigenvalue weighted by Crippen LogP contribution is 2.48. The summed E-state index contributed by atoms with van der Waals surface area (Å²) in [5.41, 5.74) is 1.44. The van der Waals surface area contributed by atoms with E-state index in [4.69, 9.17) is 16.6 Å². The number of carbonyl (C=O) groups excluding carboxylic acids is 1. The topological polar surface area (TPSA) is 68.8 Å². The number of hydrogen-bond acceptors (Lipinski definition) is 3. The summed E-state index contributed by atoms with van der Waals surface area (Å²) in [4.78, 5) is 18.7. The van der Waals surface area contributed by atoms with E-state index in [0.717, 1.165) is 62.8 Å². The van der Waals surface area contributed by atoms with Crippen molar-refractivity contribution in [3.63, 3.8) is 0 Å². The van der Waals surface area contributed by atoms with E-state index in [1.807, 2.05) is 12.1 Å². The van der Waals surface area contributed by atoms with Crippen molar-refractivity contribution in [1.29, 1.82) is 0 Å². The predicted octanol–water partition coefficient (Wildman–Crippen LogP) is 2.76. The Balaban J connectivity index is 0.00000300. The van der Waals surface area contributed by atoms with E-state index < -0.39 is 0 Å². The lowest BCUT2D eigenvalue weighted by Crippen LogP contribution is -2.50. The molecule has 3 rings (SSSR count). The molecule has 8 heteroatoms.